The van der Waals surface area contributed by atoms with E-state index in [1.54, 1.807) is 6.20 Å². The van der Waals surface area contributed by atoms with Crippen LogP contribution in [0, 0.1) is 0 Å². The van der Waals surface area contributed by atoms with Gasteiger partial charge >= 0.3 is 0 Å². The Morgan fingerprint density at radius 2 is 1.85 bits per heavy atom. The molecule has 5 rings (SSSR count). The van der Waals surface area contributed by atoms with Crippen molar-refractivity contribution in [1.29, 1.82) is 0 Å². The van der Waals surface area contributed by atoms with Gasteiger partial charge in [-0.2, -0.15) is 0 Å². The fourth-order valence-electron chi connectivity index (χ4n) is 5.42. The molecule has 0 aromatic carbocycles. The van der Waals surface area contributed by atoms with E-state index in [0.717, 1.165) is 41.8 Å². The normalized spacial score (nSPS) is 38.4. The minimum absolute atomic E-state index is 0.182. The fourth-order valence-corrected chi connectivity index (χ4v) is 5.74. The van der Waals surface area contributed by atoms with Crippen LogP contribution in [0.15, 0.2) is 16.7 Å². The van der Waals surface area contributed by atoms with Crippen molar-refractivity contribution in [3.8, 4) is 0 Å². The number of hydrogen-bond donors (Lipinski definition) is 0. The van der Waals surface area contributed by atoms with Gasteiger partial charge in [0.1, 0.15) is 0 Å². The van der Waals surface area contributed by atoms with E-state index in [-0.39, 0.29) is 17.5 Å². The molecule has 0 radical (unpaired) electrons. The number of amides is 1. The van der Waals surface area contributed by atoms with E-state index in [1.165, 1.54) is 12.8 Å². The molecule has 0 spiro atoms. The van der Waals surface area contributed by atoms with Gasteiger partial charge in [-0.25, -0.2) is 0 Å². The van der Waals surface area contributed by atoms with Gasteiger partial charge in [-0.15, -0.1) is 0 Å². The average molecular weight is 420 g/mol. The topological polar surface area (TPSA) is 45.7 Å². The summed E-state index contributed by atoms with van der Waals surface area (Å²) in [5, 5.41) is 0. The van der Waals surface area contributed by atoms with E-state index in [2.05, 4.69) is 38.8 Å². The molecule has 4 heterocycles. The van der Waals surface area contributed by atoms with Gasteiger partial charge in [-0.3, -0.25) is 14.7 Å². The van der Waals surface area contributed by atoms with E-state index in [9.17, 15) is 4.79 Å². The molecule has 4 aliphatic rings. The summed E-state index contributed by atoms with van der Waals surface area (Å²) >= 11 is 3.52. The smallest absolute Gasteiger partial charge is 0.239 e. The second-order valence-corrected chi connectivity index (χ2v) is 10.2. The molecule has 140 valence electrons. The summed E-state index contributed by atoms with van der Waals surface area (Å²) in [6, 6.07) is 2.32. The summed E-state index contributed by atoms with van der Waals surface area (Å²) in [5.74, 6) is 0.187. The van der Waals surface area contributed by atoms with Gasteiger partial charge in [-0.1, -0.05) is 0 Å². The predicted molar refractivity (Wildman–Crippen MR) is 103 cm³/mol. The van der Waals surface area contributed by atoms with Crippen molar-refractivity contribution in [2.45, 2.75) is 75.7 Å². The monoisotopic (exact) mass is 419 g/mol. The number of rotatable bonds is 2. The maximum atomic E-state index is 13.2. The van der Waals surface area contributed by atoms with Crippen LogP contribution in [-0.4, -0.2) is 52.7 Å². The second-order valence-electron chi connectivity index (χ2n) is 9.24. The van der Waals surface area contributed by atoms with Crippen molar-refractivity contribution in [1.82, 2.24) is 9.88 Å². The van der Waals surface area contributed by atoms with Gasteiger partial charge in [0.15, 0.2) is 0 Å². The molecule has 26 heavy (non-hydrogen) atoms. The van der Waals surface area contributed by atoms with Gasteiger partial charge in [0.25, 0.3) is 0 Å². The highest BCUT2D eigenvalue weighted by Crippen LogP contribution is 2.49. The third-order valence-corrected chi connectivity index (χ3v) is 7.40. The summed E-state index contributed by atoms with van der Waals surface area (Å²) in [4.78, 5) is 22.4. The zero-order chi connectivity index (χ0) is 18.3. The van der Waals surface area contributed by atoms with Gasteiger partial charge in [0.2, 0.25) is 5.91 Å². The molecule has 3 fully saturated rings. The molecule has 2 saturated heterocycles. The van der Waals surface area contributed by atoms with Crippen LogP contribution in [0.1, 0.15) is 52.1 Å². The standard InChI is InChI=1S/C20H26BrN3O2/c1-19(2)17-16(6-12(21)9-22-17)24(18(19)25)13-7-20(3,8-13)23-10-14-4-5-15(11-23)26-14/h6,9,13-15H,4-5,7-8,10-11H2,1-3H3. The lowest BCUT2D eigenvalue weighted by Crippen LogP contribution is -2.66. The molecular formula is C20H26BrN3O2. The van der Waals surface area contributed by atoms with Crippen LogP contribution >= 0.6 is 15.9 Å². The van der Waals surface area contributed by atoms with Crippen molar-refractivity contribution in [3.05, 3.63) is 22.4 Å². The Labute approximate surface area is 163 Å². The first-order valence-electron chi connectivity index (χ1n) is 9.68. The lowest BCUT2D eigenvalue weighted by molar-refractivity contribution is -0.125. The van der Waals surface area contributed by atoms with Crippen molar-refractivity contribution < 1.29 is 9.53 Å². The number of halogens is 1. The highest BCUT2D eigenvalue weighted by molar-refractivity contribution is 9.10. The molecule has 3 aliphatic heterocycles. The van der Waals surface area contributed by atoms with Crippen LogP contribution in [-0.2, 0) is 14.9 Å². The summed E-state index contributed by atoms with van der Waals surface area (Å²) in [6.45, 7) is 8.44. The van der Waals surface area contributed by atoms with Gasteiger partial charge in [-0.05, 0) is 68.5 Å². The van der Waals surface area contributed by atoms with Crippen LogP contribution < -0.4 is 4.90 Å². The Morgan fingerprint density at radius 1 is 1.19 bits per heavy atom. The number of likely N-dealkylation sites (tertiary alicyclic amines) is 1. The van der Waals surface area contributed by atoms with Crippen molar-refractivity contribution >= 4 is 27.5 Å². The largest absolute Gasteiger partial charge is 0.372 e. The van der Waals surface area contributed by atoms with Crippen molar-refractivity contribution in [2.24, 2.45) is 0 Å². The molecule has 0 N–H and O–H groups in total. The second kappa shape index (κ2) is 5.52. The molecule has 5 nitrogen and oxygen atoms in total. The Kier molecular flexibility index (Phi) is 3.64. The third-order valence-electron chi connectivity index (χ3n) is 6.96. The fraction of sp³-hybridized carbons (Fsp3) is 0.700. The lowest BCUT2D eigenvalue weighted by atomic mass is 9.71. The minimum Gasteiger partial charge on any atom is -0.372 e. The maximum Gasteiger partial charge on any atom is 0.239 e. The van der Waals surface area contributed by atoms with E-state index in [0.29, 0.717) is 12.2 Å². The first-order chi connectivity index (χ1) is 12.3. The molecule has 1 aliphatic carbocycles. The van der Waals surface area contributed by atoms with Gasteiger partial charge in [0, 0.05) is 35.3 Å². The highest BCUT2D eigenvalue weighted by Gasteiger charge is 2.55. The number of morpholine rings is 1. The van der Waals surface area contributed by atoms with E-state index < -0.39 is 5.41 Å². The Bertz CT molecular complexity index is 762. The Hall–Kier alpha value is -0.980. The predicted octanol–water partition coefficient (Wildman–Crippen LogP) is 3.25. The number of hydrogen-bond acceptors (Lipinski definition) is 4. The van der Waals surface area contributed by atoms with E-state index >= 15 is 0 Å². The number of fused-ring (bicyclic) bond motifs is 3. The van der Waals surface area contributed by atoms with Crippen LogP contribution in [0.3, 0.4) is 0 Å². The molecule has 2 unspecified atom stereocenters. The molecule has 2 atom stereocenters. The first-order valence-corrected chi connectivity index (χ1v) is 10.5. The number of aromatic nitrogens is 1. The number of pyridine rings is 1. The van der Waals surface area contributed by atoms with Crippen LogP contribution in [0.4, 0.5) is 5.69 Å². The maximum absolute atomic E-state index is 13.2. The number of nitrogens with zero attached hydrogens (tertiary/aromatic N) is 3. The number of anilines is 1. The zero-order valence-electron chi connectivity index (χ0n) is 15.7. The third kappa shape index (κ3) is 2.34. The Morgan fingerprint density at radius 3 is 2.50 bits per heavy atom. The molecule has 1 aromatic heterocycles. The van der Waals surface area contributed by atoms with E-state index in [1.807, 2.05) is 18.7 Å². The average Bonchev–Trinajstić information content (AvgIpc) is 2.99. The van der Waals surface area contributed by atoms with Crippen molar-refractivity contribution in [2.75, 3.05) is 18.0 Å². The molecule has 1 aromatic rings. The Balaban J connectivity index is 1.38. The summed E-state index contributed by atoms with van der Waals surface area (Å²) in [5.41, 5.74) is 1.54. The molecular weight excluding hydrogens is 394 g/mol. The summed E-state index contributed by atoms with van der Waals surface area (Å²) < 4.78 is 6.93. The first kappa shape index (κ1) is 17.1. The molecule has 1 amide bonds. The summed E-state index contributed by atoms with van der Waals surface area (Å²) in [6.07, 6.45) is 7.08. The lowest BCUT2D eigenvalue weighted by Gasteiger charge is -2.56. The number of carbonyl (C=O) groups is 1. The van der Waals surface area contributed by atoms with E-state index in [4.69, 9.17) is 4.74 Å². The van der Waals surface area contributed by atoms with Crippen LogP contribution in [0.5, 0.6) is 0 Å². The van der Waals surface area contributed by atoms with Gasteiger partial charge < -0.3 is 9.64 Å². The zero-order valence-corrected chi connectivity index (χ0v) is 17.3. The number of carbonyl (C=O) groups excluding carboxylic acids is 1. The molecule has 2 bridgehead atoms. The SMILES string of the molecule is CC1(C)C(=O)N(C2CC(C)(N3CC4CCC(C3)O4)C2)c2cc(Br)cnc21. The molecule has 6 heteroatoms. The van der Waals surface area contributed by atoms with Crippen molar-refractivity contribution in [3.63, 3.8) is 0 Å². The number of ether oxygens (including phenoxy) is 1. The van der Waals surface area contributed by atoms with Crippen LogP contribution in [0.2, 0.25) is 0 Å². The quantitative estimate of drug-likeness (QED) is 0.737. The minimum atomic E-state index is -0.542. The summed E-state index contributed by atoms with van der Waals surface area (Å²) in [7, 11) is 0. The van der Waals surface area contributed by atoms with Crippen LogP contribution in [0.25, 0.3) is 0 Å². The highest BCUT2D eigenvalue weighted by atomic mass is 79.9. The molecule has 1 saturated carbocycles. The van der Waals surface area contributed by atoms with Gasteiger partial charge in [0.05, 0.1) is 29.0 Å².